The monoisotopic (exact) mass is 337 g/mol. The summed E-state index contributed by atoms with van der Waals surface area (Å²) in [6, 6.07) is 6.01. The van der Waals surface area contributed by atoms with Crippen molar-refractivity contribution in [2.75, 3.05) is 44.3 Å². The largest absolute Gasteiger partial charge is 0.355 e. The second kappa shape index (κ2) is 7.94. The minimum absolute atomic E-state index is 0.00104. The zero-order chi connectivity index (χ0) is 16.1. The molecular weight excluding hydrogens is 314 g/mol. The van der Waals surface area contributed by atoms with Gasteiger partial charge >= 0.3 is 0 Å². The lowest BCUT2D eigenvalue weighted by Gasteiger charge is -2.33. The van der Waals surface area contributed by atoms with Crippen LogP contribution in [-0.2, 0) is 4.79 Å². The van der Waals surface area contributed by atoms with Gasteiger partial charge in [-0.05, 0) is 32.0 Å². The van der Waals surface area contributed by atoms with E-state index in [9.17, 15) is 4.79 Å². The molecule has 1 aromatic rings. The molecule has 0 radical (unpaired) electrons. The summed E-state index contributed by atoms with van der Waals surface area (Å²) in [5, 5.41) is 3.00. The molecular formula is C16H23N3OS2. The molecule has 0 spiro atoms. The molecule has 6 heteroatoms. The minimum atomic E-state index is -0.00104. The number of piperazine rings is 1. The molecule has 4 nitrogen and oxygen atoms in total. The van der Waals surface area contributed by atoms with Gasteiger partial charge in [-0.25, -0.2) is 0 Å². The van der Waals surface area contributed by atoms with Gasteiger partial charge in [0.2, 0.25) is 5.91 Å². The number of aryl methyl sites for hydroxylation is 2. The highest BCUT2D eigenvalue weighted by Crippen LogP contribution is 2.20. The summed E-state index contributed by atoms with van der Waals surface area (Å²) in [7, 11) is 2.12. The van der Waals surface area contributed by atoms with Crippen molar-refractivity contribution in [3.05, 3.63) is 29.3 Å². The van der Waals surface area contributed by atoms with Crippen molar-refractivity contribution in [3.8, 4) is 0 Å². The number of benzene rings is 1. The van der Waals surface area contributed by atoms with E-state index in [0.29, 0.717) is 5.75 Å². The first kappa shape index (κ1) is 17.2. The molecule has 2 rings (SSSR count). The molecule has 1 fully saturated rings. The third kappa shape index (κ3) is 4.69. The smallest absolute Gasteiger partial charge is 0.234 e. The molecule has 0 atom stereocenters. The van der Waals surface area contributed by atoms with Gasteiger partial charge in [-0.15, -0.1) is 0 Å². The summed E-state index contributed by atoms with van der Waals surface area (Å²) in [5.74, 6) is 0.359. The fraction of sp³-hybridized carbons (Fsp3) is 0.500. The third-order valence-corrected chi connectivity index (χ3v) is 5.36. The van der Waals surface area contributed by atoms with Crippen LogP contribution < -0.4 is 5.32 Å². The second-order valence-corrected chi connectivity index (χ2v) is 7.27. The van der Waals surface area contributed by atoms with Crippen LogP contribution in [0.25, 0.3) is 0 Å². The molecule has 0 aliphatic carbocycles. The van der Waals surface area contributed by atoms with Crippen molar-refractivity contribution in [2.45, 2.75) is 13.8 Å². The number of amides is 1. The topological polar surface area (TPSA) is 35.6 Å². The molecule has 1 aliphatic rings. The normalized spacial score (nSPS) is 15.7. The molecule has 1 amide bonds. The first-order valence-electron chi connectivity index (χ1n) is 7.43. The Kier molecular flexibility index (Phi) is 6.23. The Balaban J connectivity index is 1.81. The first-order chi connectivity index (χ1) is 10.5. The number of carbonyl (C=O) groups is 1. The van der Waals surface area contributed by atoms with Gasteiger partial charge in [-0.1, -0.05) is 42.2 Å². The Morgan fingerprint density at radius 1 is 1.23 bits per heavy atom. The summed E-state index contributed by atoms with van der Waals surface area (Å²) in [6.07, 6.45) is 0. The molecule has 1 saturated heterocycles. The average Bonchev–Trinajstić information content (AvgIpc) is 2.49. The number of nitrogens with zero attached hydrogens (tertiary/aromatic N) is 2. The van der Waals surface area contributed by atoms with Crippen molar-refractivity contribution < 1.29 is 4.79 Å². The lowest BCUT2D eigenvalue weighted by atomic mass is 10.1. The highest BCUT2D eigenvalue weighted by molar-refractivity contribution is 8.23. The maximum absolute atomic E-state index is 12.1. The number of carbonyl (C=O) groups excluding carboxylic acids is 1. The molecule has 22 heavy (non-hydrogen) atoms. The Hall–Kier alpha value is -1.11. The molecule has 0 unspecified atom stereocenters. The van der Waals surface area contributed by atoms with Crippen LogP contribution in [0.2, 0.25) is 0 Å². The summed E-state index contributed by atoms with van der Waals surface area (Å²) in [4.78, 5) is 16.6. The quantitative estimate of drug-likeness (QED) is 0.858. The van der Waals surface area contributed by atoms with Crippen LogP contribution >= 0.6 is 24.0 Å². The van der Waals surface area contributed by atoms with Crippen molar-refractivity contribution in [3.63, 3.8) is 0 Å². The summed E-state index contributed by atoms with van der Waals surface area (Å²) < 4.78 is 0.824. The van der Waals surface area contributed by atoms with Gasteiger partial charge in [0.05, 0.1) is 5.75 Å². The van der Waals surface area contributed by atoms with Crippen LogP contribution in [-0.4, -0.2) is 59.0 Å². The summed E-state index contributed by atoms with van der Waals surface area (Å²) in [6.45, 7) is 7.95. The molecule has 1 aliphatic heterocycles. The number of anilines is 1. The highest BCUT2D eigenvalue weighted by Gasteiger charge is 2.17. The van der Waals surface area contributed by atoms with Gasteiger partial charge in [0, 0.05) is 31.9 Å². The van der Waals surface area contributed by atoms with E-state index in [1.807, 2.05) is 32.0 Å². The Morgan fingerprint density at radius 3 is 2.41 bits per heavy atom. The Morgan fingerprint density at radius 2 is 1.82 bits per heavy atom. The predicted molar refractivity (Wildman–Crippen MR) is 98.7 cm³/mol. The zero-order valence-corrected chi connectivity index (χ0v) is 15.0. The maximum atomic E-state index is 12.1. The van der Waals surface area contributed by atoms with E-state index >= 15 is 0 Å². The molecule has 1 aromatic carbocycles. The molecule has 1 heterocycles. The molecule has 120 valence electrons. The second-order valence-electron chi connectivity index (χ2n) is 5.66. The minimum Gasteiger partial charge on any atom is -0.355 e. The lowest BCUT2D eigenvalue weighted by molar-refractivity contribution is -0.113. The van der Waals surface area contributed by atoms with E-state index < -0.39 is 0 Å². The summed E-state index contributed by atoms with van der Waals surface area (Å²) in [5.41, 5.74) is 3.08. The zero-order valence-electron chi connectivity index (χ0n) is 13.4. The molecule has 0 bridgehead atoms. The van der Waals surface area contributed by atoms with E-state index in [-0.39, 0.29) is 5.91 Å². The van der Waals surface area contributed by atoms with E-state index in [0.717, 1.165) is 47.3 Å². The lowest BCUT2D eigenvalue weighted by Crippen LogP contribution is -2.46. The van der Waals surface area contributed by atoms with Crippen molar-refractivity contribution in [2.24, 2.45) is 0 Å². The van der Waals surface area contributed by atoms with Gasteiger partial charge in [0.1, 0.15) is 4.32 Å². The number of nitrogens with one attached hydrogen (secondary N) is 1. The van der Waals surface area contributed by atoms with Gasteiger partial charge in [0.25, 0.3) is 0 Å². The number of thioether (sulfide) groups is 1. The van der Waals surface area contributed by atoms with Crippen molar-refractivity contribution in [1.82, 2.24) is 9.80 Å². The number of likely N-dealkylation sites (N-methyl/N-ethyl adjacent to an activating group) is 1. The van der Waals surface area contributed by atoms with Crippen LogP contribution in [0.3, 0.4) is 0 Å². The Bertz CT molecular complexity index is 534. The SMILES string of the molecule is Cc1cccc(C)c1NC(=O)CSC(=S)N1CCN(C)CC1. The van der Waals surface area contributed by atoms with Crippen LogP contribution in [0, 0.1) is 13.8 Å². The van der Waals surface area contributed by atoms with Crippen LogP contribution in [0.15, 0.2) is 18.2 Å². The molecule has 1 N–H and O–H groups in total. The van der Waals surface area contributed by atoms with Crippen LogP contribution in [0.5, 0.6) is 0 Å². The van der Waals surface area contributed by atoms with Gasteiger partial charge in [0.15, 0.2) is 0 Å². The average molecular weight is 338 g/mol. The fourth-order valence-corrected chi connectivity index (χ4v) is 3.45. The van der Waals surface area contributed by atoms with E-state index in [4.69, 9.17) is 12.2 Å². The van der Waals surface area contributed by atoms with Crippen LogP contribution in [0.1, 0.15) is 11.1 Å². The van der Waals surface area contributed by atoms with Gasteiger partial charge in [-0.3, -0.25) is 4.79 Å². The third-order valence-electron chi connectivity index (χ3n) is 3.83. The maximum Gasteiger partial charge on any atom is 0.234 e. The van der Waals surface area contributed by atoms with Gasteiger partial charge in [-0.2, -0.15) is 0 Å². The van der Waals surface area contributed by atoms with Crippen LogP contribution in [0.4, 0.5) is 5.69 Å². The Labute approximate surface area is 142 Å². The van der Waals surface area contributed by atoms with E-state index in [2.05, 4.69) is 22.2 Å². The standard InChI is InChI=1S/C16H23N3OS2/c1-12-5-4-6-13(2)15(12)17-14(20)11-22-16(21)19-9-7-18(3)8-10-19/h4-6H,7-11H2,1-3H3,(H,17,20). The van der Waals surface area contributed by atoms with Gasteiger partial charge < -0.3 is 15.1 Å². The number of thiocarbonyl (C=S) groups is 1. The predicted octanol–water partition coefficient (Wildman–Crippen LogP) is 2.51. The number of para-hydroxylation sites is 1. The van der Waals surface area contributed by atoms with E-state index in [1.54, 1.807) is 0 Å². The summed E-state index contributed by atoms with van der Waals surface area (Å²) >= 11 is 6.89. The number of hydrogen-bond donors (Lipinski definition) is 1. The van der Waals surface area contributed by atoms with E-state index in [1.165, 1.54) is 11.8 Å². The molecule has 0 aromatic heterocycles. The van der Waals surface area contributed by atoms with Crippen molar-refractivity contribution in [1.29, 1.82) is 0 Å². The number of hydrogen-bond acceptors (Lipinski definition) is 4. The first-order valence-corrected chi connectivity index (χ1v) is 8.83. The highest BCUT2D eigenvalue weighted by atomic mass is 32.2. The fourth-order valence-electron chi connectivity index (χ4n) is 2.39. The number of rotatable bonds is 3. The van der Waals surface area contributed by atoms with Crippen molar-refractivity contribution >= 4 is 39.9 Å². The molecule has 0 saturated carbocycles.